The van der Waals surface area contributed by atoms with E-state index in [-0.39, 0.29) is 6.03 Å². The summed E-state index contributed by atoms with van der Waals surface area (Å²) in [5.41, 5.74) is 3.93. The minimum atomic E-state index is -0.177. The summed E-state index contributed by atoms with van der Waals surface area (Å²) in [7, 11) is 5.63. The van der Waals surface area contributed by atoms with E-state index < -0.39 is 0 Å². The van der Waals surface area contributed by atoms with Crippen molar-refractivity contribution in [2.75, 3.05) is 39.6 Å². The normalized spacial score (nSPS) is 11.1. The smallest absolute Gasteiger partial charge is 0.323 e. The van der Waals surface area contributed by atoms with Crippen LogP contribution in [0.15, 0.2) is 54.9 Å². The summed E-state index contributed by atoms with van der Waals surface area (Å²) >= 11 is 1.46. The van der Waals surface area contributed by atoms with Gasteiger partial charge in [0.05, 0.1) is 23.5 Å². The Morgan fingerprint density at radius 1 is 1.16 bits per heavy atom. The van der Waals surface area contributed by atoms with E-state index in [0.717, 1.165) is 39.2 Å². The van der Waals surface area contributed by atoms with Crippen molar-refractivity contribution >= 4 is 32.7 Å². The summed E-state index contributed by atoms with van der Waals surface area (Å²) < 4.78 is 6.33. The van der Waals surface area contributed by atoms with Gasteiger partial charge >= 0.3 is 6.03 Å². The van der Waals surface area contributed by atoms with Gasteiger partial charge in [-0.25, -0.2) is 9.78 Å². The Balaban J connectivity index is 1.51. The van der Waals surface area contributed by atoms with Crippen LogP contribution < -0.4 is 10.1 Å². The first-order valence-corrected chi connectivity index (χ1v) is 11.1. The predicted octanol–water partition coefficient (Wildman–Crippen LogP) is 4.29. The predicted molar refractivity (Wildman–Crippen MR) is 128 cm³/mol. The van der Waals surface area contributed by atoms with Crippen LogP contribution in [-0.4, -0.2) is 65.3 Å². The molecule has 2 aromatic heterocycles. The van der Waals surface area contributed by atoms with Crippen molar-refractivity contribution in [2.45, 2.75) is 6.54 Å². The fourth-order valence-corrected chi connectivity index (χ4v) is 4.20. The molecule has 0 aliphatic heterocycles. The van der Waals surface area contributed by atoms with Crippen LogP contribution in [0.3, 0.4) is 0 Å². The Morgan fingerprint density at radius 3 is 2.78 bits per heavy atom. The fourth-order valence-electron chi connectivity index (χ4n) is 3.30. The molecule has 2 heterocycles. The molecule has 0 aliphatic rings. The average molecular weight is 451 g/mol. The van der Waals surface area contributed by atoms with E-state index in [1.807, 2.05) is 56.7 Å². The van der Waals surface area contributed by atoms with Crippen LogP contribution in [-0.2, 0) is 6.54 Å². The van der Waals surface area contributed by atoms with Gasteiger partial charge < -0.3 is 14.5 Å². The molecular formula is C23H26N6O2S. The zero-order valence-corrected chi connectivity index (χ0v) is 19.1. The number of ether oxygens (including phenoxy) is 1. The first-order chi connectivity index (χ1) is 15.5. The number of fused-ring (bicyclic) bond motifs is 1. The number of hydrogen-bond donors (Lipinski definition) is 2. The number of nitrogens with one attached hydrogen (secondary N) is 2. The first-order valence-electron chi connectivity index (χ1n) is 10.2. The number of carbonyl (C=O) groups is 1. The Hall–Kier alpha value is -3.43. The lowest BCUT2D eigenvalue weighted by Crippen LogP contribution is -2.39. The minimum Gasteiger partial charge on any atom is -0.497 e. The monoisotopic (exact) mass is 450 g/mol. The van der Waals surface area contributed by atoms with Gasteiger partial charge in [0, 0.05) is 31.4 Å². The molecule has 0 aliphatic carbocycles. The molecule has 0 bridgehead atoms. The van der Waals surface area contributed by atoms with E-state index in [9.17, 15) is 4.79 Å². The Kier molecular flexibility index (Phi) is 6.67. The van der Waals surface area contributed by atoms with E-state index in [4.69, 9.17) is 4.74 Å². The second-order valence-electron chi connectivity index (χ2n) is 7.70. The number of thiazole rings is 1. The molecule has 2 N–H and O–H groups in total. The number of benzene rings is 2. The van der Waals surface area contributed by atoms with Crippen LogP contribution in [0.25, 0.3) is 21.3 Å². The molecule has 166 valence electrons. The third-order valence-electron chi connectivity index (χ3n) is 5.05. The zero-order valence-electron chi connectivity index (χ0n) is 18.3. The fraction of sp³-hybridized carbons (Fsp3) is 0.261. The van der Waals surface area contributed by atoms with E-state index in [0.29, 0.717) is 18.2 Å². The van der Waals surface area contributed by atoms with Gasteiger partial charge in [0.2, 0.25) is 0 Å². The molecule has 32 heavy (non-hydrogen) atoms. The lowest BCUT2D eigenvalue weighted by Gasteiger charge is -2.24. The van der Waals surface area contributed by atoms with Gasteiger partial charge in [-0.05, 0) is 49.5 Å². The highest BCUT2D eigenvalue weighted by Gasteiger charge is 2.17. The lowest BCUT2D eigenvalue weighted by atomic mass is 10.1. The summed E-state index contributed by atoms with van der Waals surface area (Å²) in [6, 6.07) is 13.6. The number of aromatic nitrogens is 3. The number of nitrogens with zero attached hydrogens (tertiary/aromatic N) is 4. The number of H-pyrrole nitrogens is 1. The van der Waals surface area contributed by atoms with E-state index in [1.54, 1.807) is 18.2 Å². The molecule has 2 aromatic carbocycles. The molecule has 0 radical (unpaired) electrons. The molecular weight excluding hydrogens is 424 g/mol. The van der Waals surface area contributed by atoms with Gasteiger partial charge in [-0.1, -0.05) is 29.5 Å². The highest BCUT2D eigenvalue weighted by Crippen LogP contribution is 2.30. The van der Waals surface area contributed by atoms with Gasteiger partial charge in [0.1, 0.15) is 5.75 Å². The zero-order chi connectivity index (χ0) is 22.5. The first kappa shape index (κ1) is 21.8. The third kappa shape index (κ3) is 5.24. The van der Waals surface area contributed by atoms with Crippen LogP contribution in [0.1, 0.15) is 5.56 Å². The number of urea groups is 1. The lowest BCUT2D eigenvalue weighted by molar-refractivity contribution is 0.202. The van der Waals surface area contributed by atoms with Crippen molar-refractivity contribution in [1.29, 1.82) is 0 Å². The number of amides is 2. The highest BCUT2D eigenvalue weighted by atomic mass is 32.1. The number of hydrogen-bond acceptors (Lipinski definition) is 6. The van der Waals surface area contributed by atoms with Gasteiger partial charge in [-0.2, -0.15) is 5.10 Å². The van der Waals surface area contributed by atoms with Gasteiger partial charge in [-0.15, -0.1) is 0 Å². The summed E-state index contributed by atoms with van der Waals surface area (Å²) in [6.07, 6.45) is 3.64. The van der Waals surface area contributed by atoms with Crippen molar-refractivity contribution < 1.29 is 9.53 Å². The SMILES string of the molecule is COc1cccc(CN(CCN(C)C)C(=O)Nc2nc3ccc(-c4cn[nH]c4)cc3s2)c1. The van der Waals surface area contributed by atoms with Crippen LogP contribution in [0.4, 0.5) is 9.93 Å². The molecule has 4 rings (SSSR count). The number of carbonyl (C=O) groups excluding carboxylic acids is 1. The molecule has 9 heteroatoms. The number of methoxy groups -OCH3 is 1. The second kappa shape index (κ2) is 9.80. The van der Waals surface area contributed by atoms with Crippen LogP contribution in [0, 0.1) is 0 Å². The van der Waals surface area contributed by atoms with Gasteiger partial charge in [-0.3, -0.25) is 10.4 Å². The maximum absolute atomic E-state index is 13.1. The summed E-state index contributed by atoms with van der Waals surface area (Å²) in [5, 5.41) is 10.4. The van der Waals surface area contributed by atoms with Crippen molar-refractivity contribution in [3.63, 3.8) is 0 Å². The largest absolute Gasteiger partial charge is 0.497 e. The van der Waals surface area contributed by atoms with E-state index in [2.05, 4.69) is 31.5 Å². The molecule has 0 unspecified atom stereocenters. The number of rotatable bonds is 8. The molecule has 0 saturated heterocycles. The molecule has 8 nitrogen and oxygen atoms in total. The van der Waals surface area contributed by atoms with Gasteiger partial charge in [0.15, 0.2) is 5.13 Å². The maximum Gasteiger partial charge on any atom is 0.323 e. The van der Waals surface area contributed by atoms with E-state index >= 15 is 0 Å². The van der Waals surface area contributed by atoms with Crippen molar-refractivity contribution in [1.82, 2.24) is 25.0 Å². The van der Waals surface area contributed by atoms with Crippen molar-refractivity contribution in [2.24, 2.45) is 0 Å². The number of likely N-dealkylation sites (N-methyl/N-ethyl adjacent to an activating group) is 1. The molecule has 0 fully saturated rings. The summed E-state index contributed by atoms with van der Waals surface area (Å²) in [5.74, 6) is 0.773. The van der Waals surface area contributed by atoms with Crippen LogP contribution in [0.5, 0.6) is 5.75 Å². The Morgan fingerprint density at radius 2 is 2.03 bits per heavy atom. The Bertz CT molecular complexity index is 1190. The van der Waals surface area contributed by atoms with Crippen LogP contribution in [0.2, 0.25) is 0 Å². The van der Waals surface area contributed by atoms with E-state index in [1.165, 1.54) is 11.3 Å². The summed E-state index contributed by atoms with van der Waals surface area (Å²) in [4.78, 5) is 21.6. The minimum absolute atomic E-state index is 0.177. The van der Waals surface area contributed by atoms with Gasteiger partial charge in [0.25, 0.3) is 0 Å². The molecule has 4 aromatic rings. The number of anilines is 1. The molecule has 0 atom stereocenters. The molecule has 0 spiro atoms. The molecule has 0 saturated carbocycles. The quantitative estimate of drug-likeness (QED) is 0.418. The van der Waals surface area contributed by atoms with Crippen molar-refractivity contribution in [3.05, 3.63) is 60.4 Å². The number of aromatic amines is 1. The van der Waals surface area contributed by atoms with Crippen LogP contribution >= 0.6 is 11.3 Å². The second-order valence-corrected chi connectivity index (χ2v) is 8.73. The topological polar surface area (TPSA) is 86.4 Å². The highest BCUT2D eigenvalue weighted by molar-refractivity contribution is 7.22. The standard InChI is InChI=1S/C23H26N6O2S/c1-28(2)9-10-29(15-16-5-4-6-19(11-16)31-3)23(30)27-22-26-20-8-7-17(12-21(20)32-22)18-13-24-25-14-18/h4-8,11-14H,9-10,15H2,1-3H3,(H,24,25)(H,26,27,30). The average Bonchev–Trinajstić information content (AvgIpc) is 3.45. The molecule has 2 amide bonds. The summed E-state index contributed by atoms with van der Waals surface area (Å²) in [6.45, 7) is 1.82. The third-order valence-corrected chi connectivity index (χ3v) is 5.98. The maximum atomic E-state index is 13.1. The van der Waals surface area contributed by atoms with Crippen molar-refractivity contribution in [3.8, 4) is 16.9 Å². The Labute approximate surface area is 190 Å².